The van der Waals surface area contributed by atoms with E-state index < -0.39 is 24.4 Å². The average molecular weight is 413 g/mol. The molecule has 4 heterocycles. The molecule has 156 valence electrons. The van der Waals surface area contributed by atoms with Crippen molar-refractivity contribution in [3.8, 4) is 22.8 Å². The number of benzene rings is 1. The molecule has 2 aromatic heterocycles. The Bertz CT molecular complexity index is 1030. The number of aromatic nitrogens is 5. The molecule has 8 nitrogen and oxygen atoms in total. The first kappa shape index (κ1) is 18.9. The second kappa shape index (κ2) is 7.28. The minimum Gasteiger partial charge on any atom is -0.507 e. The predicted molar refractivity (Wildman–Crippen MR) is 106 cm³/mol. The lowest BCUT2D eigenvalue weighted by Gasteiger charge is -2.38. The van der Waals surface area contributed by atoms with Crippen molar-refractivity contribution in [2.45, 2.75) is 43.3 Å². The number of alkyl halides is 2. The zero-order chi connectivity index (χ0) is 20.8. The first-order chi connectivity index (χ1) is 14.5. The summed E-state index contributed by atoms with van der Waals surface area (Å²) in [5, 5.41) is 21.7. The van der Waals surface area contributed by atoms with Crippen molar-refractivity contribution in [3.63, 3.8) is 0 Å². The summed E-state index contributed by atoms with van der Waals surface area (Å²) >= 11 is 0. The van der Waals surface area contributed by atoms with Crippen molar-refractivity contribution in [2.24, 2.45) is 0 Å². The minimum atomic E-state index is -1.20. The van der Waals surface area contributed by atoms with Crippen LogP contribution < -0.4 is 10.2 Å². The van der Waals surface area contributed by atoms with Gasteiger partial charge in [0.05, 0.1) is 29.8 Å². The molecule has 2 aliphatic heterocycles. The number of imidazole rings is 1. The van der Waals surface area contributed by atoms with Crippen LogP contribution in [0.5, 0.6) is 5.75 Å². The Morgan fingerprint density at radius 3 is 2.77 bits per heavy atom. The first-order valence-corrected chi connectivity index (χ1v) is 9.79. The van der Waals surface area contributed by atoms with Gasteiger partial charge in [0.2, 0.25) is 0 Å². The van der Waals surface area contributed by atoms with E-state index in [1.54, 1.807) is 47.4 Å². The van der Waals surface area contributed by atoms with E-state index in [4.69, 9.17) is 0 Å². The van der Waals surface area contributed by atoms with Crippen molar-refractivity contribution < 1.29 is 13.9 Å². The summed E-state index contributed by atoms with van der Waals surface area (Å²) in [6.45, 7) is 0. The van der Waals surface area contributed by atoms with Gasteiger partial charge in [-0.25, -0.2) is 18.7 Å². The van der Waals surface area contributed by atoms with Crippen LogP contribution in [0.1, 0.15) is 12.8 Å². The van der Waals surface area contributed by atoms with E-state index in [1.165, 1.54) is 6.20 Å². The van der Waals surface area contributed by atoms with E-state index in [0.29, 0.717) is 17.8 Å². The van der Waals surface area contributed by atoms with E-state index in [9.17, 15) is 13.9 Å². The molecule has 2 aliphatic rings. The Morgan fingerprint density at radius 1 is 1.20 bits per heavy atom. The van der Waals surface area contributed by atoms with E-state index in [2.05, 4.69) is 25.5 Å². The SMILES string of the molecule is CN(c1cnc(-c2ccc(-n3ccnc3)cc2O)nn1)[C@@H]1C[C@@H]2N[C@@H](C[C@@H]2F)[C@H]1F. The maximum absolute atomic E-state index is 14.8. The number of nitrogens with zero attached hydrogens (tertiary/aromatic N) is 6. The van der Waals surface area contributed by atoms with Crippen LogP contribution >= 0.6 is 0 Å². The molecule has 0 spiro atoms. The molecule has 5 rings (SSSR count). The van der Waals surface area contributed by atoms with E-state index in [0.717, 1.165) is 5.69 Å². The zero-order valence-corrected chi connectivity index (χ0v) is 16.2. The van der Waals surface area contributed by atoms with Gasteiger partial charge < -0.3 is 19.9 Å². The summed E-state index contributed by atoms with van der Waals surface area (Å²) < 4.78 is 30.6. The van der Waals surface area contributed by atoms with Crippen molar-refractivity contribution >= 4 is 5.82 Å². The van der Waals surface area contributed by atoms with Crippen LogP contribution in [0, 0.1) is 0 Å². The van der Waals surface area contributed by atoms with Gasteiger partial charge in [-0.05, 0) is 25.0 Å². The Morgan fingerprint density at radius 2 is 2.07 bits per heavy atom. The summed E-state index contributed by atoms with van der Waals surface area (Å²) in [7, 11) is 1.72. The second-order valence-electron chi connectivity index (χ2n) is 7.80. The van der Waals surface area contributed by atoms with Gasteiger partial charge in [-0.15, -0.1) is 10.2 Å². The lowest BCUT2D eigenvalue weighted by Crippen LogP contribution is -2.56. The fourth-order valence-corrected chi connectivity index (χ4v) is 4.33. The van der Waals surface area contributed by atoms with Gasteiger partial charge in [-0.2, -0.15) is 0 Å². The van der Waals surface area contributed by atoms with Crippen molar-refractivity contribution in [3.05, 3.63) is 43.1 Å². The van der Waals surface area contributed by atoms with Gasteiger partial charge in [0, 0.05) is 37.6 Å². The zero-order valence-electron chi connectivity index (χ0n) is 16.2. The highest BCUT2D eigenvalue weighted by Gasteiger charge is 2.48. The average Bonchev–Trinajstić information content (AvgIpc) is 3.39. The van der Waals surface area contributed by atoms with Crippen molar-refractivity contribution in [1.29, 1.82) is 0 Å². The van der Waals surface area contributed by atoms with Gasteiger partial charge in [0.1, 0.15) is 18.1 Å². The molecule has 2 bridgehead atoms. The predicted octanol–water partition coefficient (Wildman–Crippen LogP) is 2.05. The topological polar surface area (TPSA) is 92.0 Å². The standard InChI is InChI=1S/C20H21F2N7O/c1-28(16-8-14-13(21)7-15(25-14)19(16)22)18-9-24-20(27-26-18)12-3-2-11(6-17(12)30)29-5-4-23-10-29/h2-6,9-10,13-16,19,25,30H,7-8H2,1H3/t13-,14-,15-,16+,19+/m0/s1. The van der Waals surface area contributed by atoms with Crippen LogP contribution in [0.4, 0.5) is 14.6 Å². The summed E-state index contributed by atoms with van der Waals surface area (Å²) in [6, 6.07) is 3.80. The molecule has 30 heavy (non-hydrogen) atoms. The molecule has 2 fully saturated rings. The highest BCUT2D eigenvalue weighted by atomic mass is 19.1. The molecule has 0 aliphatic carbocycles. The smallest absolute Gasteiger partial charge is 0.185 e. The fourth-order valence-electron chi connectivity index (χ4n) is 4.33. The first-order valence-electron chi connectivity index (χ1n) is 9.79. The number of aromatic hydroxyl groups is 1. The van der Waals surface area contributed by atoms with E-state index in [-0.39, 0.29) is 24.0 Å². The molecule has 5 atom stereocenters. The van der Waals surface area contributed by atoms with Crippen LogP contribution in [-0.4, -0.2) is 67.4 Å². The van der Waals surface area contributed by atoms with Crippen LogP contribution in [0.2, 0.25) is 0 Å². The number of piperidine rings is 1. The number of phenols is 1. The number of phenolic OH excluding ortho intramolecular Hbond substituents is 1. The molecule has 1 aromatic carbocycles. The van der Waals surface area contributed by atoms with Crippen LogP contribution in [0.25, 0.3) is 17.1 Å². The molecule has 0 unspecified atom stereocenters. The molecule has 3 aromatic rings. The maximum Gasteiger partial charge on any atom is 0.185 e. The van der Waals surface area contributed by atoms with Crippen LogP contribution in [0.15, 0.2) is 43.1 Å². The van der Waals surface area contributed by atoms with Gasteiger partial charge in [0.25, 0.3) is 0 Å². The Kier molecular flexibility index (Phi) is 4.58. The lowest BCUT2D eigenvalue weighted by atomic mass is 9.96. The fraction of sp³-hybridized carbons (Fsp3) is 0.400. The number of halogens is 2. The minimum absolute atomic E-state index is 0.0110. The number of anilines is 1. The van der Waals surface area contributed by atoms with E-state index in [1.807, 2.05) is 6.07 Å². The van der Waals surface area contributed by atoms with Crippen molar-refractivity contribution in [2.75, 3.05) is 11.9 Å². The Labute approximate surface area is 171 Å². The monoisotopic (exact) mass is 413 g/mol. The number of nitrogens with one attached hydrogen (secondary N) is 1. The molecule has 2 saturated heterocycles. The van der Waals surface area contributed by atoms with Gasteiger partial charge >= 0.3 is 0 Å². The van der Waals surface area contributed by atoms with Crippen molar-refractivity contribution in [1.82, 2.24) is 30.0 Å². The highest BCUT2D eigenvalue weighted by Crippen LogP contribution is 2.35. The summed E-state index contributed by atoms with van der Waals surface area (Å²) in [5.41, 5.74) is 1.18. The van der Waals surface area contributed by atoms with Gasteiger partial charge in [0.15, 0.2) is 11.6 Å². The van der Waals surface area contributed by atoms with Gasteiger partial charge in [-0.1, -0.05) is 0 Å². The maximum atomic E-state index is 14.8. The van der Waals surface area contributed by atoms with E-state index >= 15 is 0 Å². The lowest BCUT2D eigenvalue weighted by molar-refractivity contribution is 0.172. The van der Waals surface area contributed by atoms with Gasteiger partial charge in [-0.3, -0.25) is 0 Å². The molecular weight excluding hydrogens is 392 g/mol. The number of fused-ring (bicyclic) bond motifs is 2. The van der Waals surface area contributed by atoms with Crippen LogP contribution in [0.3, 0.4) is 0 Å². The Balaban J connectivity index is 1.36. The summed E-state index contributed by atoms with van der Waals surface area (Å²) in [5.74, 6) is 0.669. The third-order valence-corrected chi connectivity index (χ3v) is 6.02. The molecule has 2 N–H and O–H groups in total. The molecule has 0 radical (unpaired) electrons. The van der Waals surface area contributed by atoms with Crippen LogP contribution in [-0.2, 0) is 0 Å². The number of rotatable bonds is 4. The quantitative estimate of drug-likeness (QED) is 0.676. The highest BCUT2D eigenvalue weighted by molar-refractivity contribution is 5.66. The number of hydrogen-bond donors (Lipinski definition) is 2. The molecule has 10 heteroatoms. The summed E-state index contributed by atoms with van der Waals surface area (Å²) in [6.07, 6.45) is 4.88. The molecule has 0 saturated carbocycles. The Hall–Kier alpha value is -3.14. The summed E-state index contributed by atoms with van der Waals surface area (Å²) in [4.78, 5) is 9.97. The second-order valence-corrected chi connectivity index (χ2v) is 7.80. The third kappa shape index (κ3) is 3.17. The number of hydrogen-bond acceptors (Lipinski definition) is 7. The molecular formula is C20H21F2N7O. The largest absolute Gasteiger partial charge is 0.507 e. The third-order valence-electron chi connectivity index (χ3n) is 6.02. The normalized spacial score (nSPS) is 27.9. The molecule has 0 amide bonds.